The summed E-state index contributed by atoms with van der Waals surface area (Å²) >= 11 is 0. The highest BCUT2D eigenvalue weighted by molar-refractivity contribution is 5.28. The fourth-order valence-corrected chi connectivity index (χ4v) is 3.50. The fourth-order valence-electron chi connectivity index (χ4n) is 3.50. The Labute approximate surface area is 149 Å². The number of aliphatic hydroxyl groups is 2. The van der Waals surface area contributed by atoms with Gasteiger partial charge in [-0.2, -0.15) is 0 Å². The highest BCUT2D eigenvalue weighted by Gasteiger charge is 2.27. The van der Waals surface area contributed by atoms with Gasteiger partial charge in [0.05, 0.1) is 12.7 Å². The number of nitrogens with zero attached hydrogens (tertiary/aromatic N) is 1. The zero-order chi connectivity index (χ0) is 17.5. The normalized spacial score (nSPS) is 21.2. The molecule has 0 aliphatic carbocycles. The minimum atomic E-state index is -0.289. The molecule has 0 amide bonds. The number of benzene rings is 2. The molecule has 1 aliphatic rings. The van der Waals surface area contributed by atoms with E-state index in [1.165, 1.54) is 11.1 Å². The minimum absolute atomic E-state index is 0.0192. The van der Waals surface area contributed by atoms with Crippen molar-refractivity contribution < 1.29 is 14.9 Å². The van der Waals surface area contributed by atoms with Gasteiger partial charge in [0.1, 0.15) is 12.4 Å². The van der Waals surface area contributed by atoms with Gasteiger partial charge in [-0.25, -0.2) is 0 Å². The van der Waals surface area contributed by atoms with Crippen LogP contribution in [0.15, 0.2) is 54.6 Å². The van der Waals surface area contributed by atoms with E-state index < -0.39 is 0 Å². The van der Waals surface area contributed by atoms with E-state index in [-0.39, 0.29) is 12.7 Å². The molecule has 1 aliphatic heterocycles. The van der Waals surface area contributed by atoms with Gasteiger partial charge in [0.25, 0.3) is 0 Å². The van der Waals surface area contributed by atoms with Gasteiger partial charge in [-0.05, 0) is 48.6 Å². The van der Waals surface area contributed by atoms with E-state index in [0.717, 1.165) is 31.7 Å². The average Bonchev–Trinajstić information content (AvgIpc) is 2.63. The Balaban J connectivity index is 1.53. The third-order valence-corrected chi connectivity index (χ3v) is 4.81. The van der Waals surface area contributed by atoms with Crippen molar-refractivity contribution in [1.29, 1.82) is 0 Å². The molecule has 0 aromatic heterocycles. The van der Waals surface area contributed by atoms with E-state index >= 15 is 0 Å². The van der Waals surface area contributed by atoms with Crippen molar-refractivity contribution in [3.05, 3.63) is 65.7 Å². The summed E-state index contributed by atoms with van der Waals surface area (Å²) in [5.41, 5.74) is 2.47. The Morgan fingerprint density at radius 1 is 1.04 bits per heavy atom. The summed E-state index contributed by atoms with van der Waals surface area (Å²) in [6.45, 7) is 2.85. The molecule has 1 fully saturated rings. The van der Waals surface area contributed by atoms with Gasteiger partial charge in [0, 0.05) is 13.1 Å². The van der Waals surface area contributed by atoms with Crippen LogP contribution >= 0.6 is 0 Å². The Hall–Kier alpha value is -1.88. The molecule has 2 N–H and O–H groups in total. The maximum atomic E-state index is 10.6. The van der Waals surface area contributed by atoms with Crippen LogP contribution in [0.2, 0.25) is 0 Å². The smallest absolute Gasteiger partial charge is 0.119 e. The second kappa shape index (κ2) is 8.99. The quantitative estimate of drug-likeness (QED) is 0.812. The molecule has 0 bridgehead atoms. The molecular formula is C21H27NO3. The number of hydrogen-bond acceptors (Lipinski definition) is 4. The van der Waals surface area contributed by atoms with Crippen LogP contribution in [0.3, 0.4) is 0 Å². The van der Waals surface area contributed by atoms with Crippen LogP contribution < -0.4 is 4.74 Å². The predicted molar refractivity (Wildman–Crippen MR) is 98.6 cm³/mol. The highest BCUT2D eigenvalue weighted by atomic mass is 16.5. The summed E-state index contributed by atoms with van der Waals surface area (Å²) in [6, 6.07) is 18.4. The van der Waals surface area contributed by atoms with Crippen LogP contribution in [0.25, 0.3) is 0 Å². The summed E-state index contributed by atoms with van der Waals surface area (Å²) in [5.74, 6) is 1.11. The van der Waals surface area contributed by atoms with Crippen LogP contribution in [0.5, 0.6) is 5.75 Å². The van der Waals surface area contributed by atoms with Crippen molar-refractivity contribution in [2.24, 2.45) is 5.92 Å². The maximum absolute atomic E-state index is 10.6. The molecule has 2 aromatic rings. The van der Waals surface area contributed by atoms with Crippen LogP contribution in [-0.4, -0.2) is 47.5 Å². The highest BCUT2D eigenvalue weighted by Crippen LogP contribution is 2.24. The molecule has 4 nitrogen and oxygen atoms in total. The first kappa shape index (κ1) is 17.9. The lowest BCUT2D eigenvalue weighted by atomic mass is 9.87. The number of piperidine rings is 1. The molecule has 0 spiro atoms. The molecule has 1 heterocycles. The number of likely N-dealkylation sites (tertiary alicyclic amines) is 1. The van der Waals surface area contributed by atoms with Crippen molar-refractivity contribution in [3.63, 3.8) is 0 Å². The zero-order valence-electron chi connectivity index (χ0n) is 14.6. The molecule has 134 valence electrons. The summed E-state index contributed by atoms with van der Waals surface area (Å²) < 4.78 is 5.47. The van der Waals surface area contributed by atoms with Gasteiger partial charge in [-0.3, -0.25) is 4.90 Å². The molecule has 0 radical (unpaired) electrons. The van der Waals surface area contributed by atoms with Crippen LogP contribution in [0.1, 0.15) is 17.5 Å². The fraction of sp³-hybridized carbons (Fsp3) is 0.429. The van der Waals surface area contributed by atoms with Crippen molar-refractivity contribution in [2.75, 3.05) is 26.3 Å². The van der Waals surface area contributed by atoms with E-state index in [2.05, 4.69) is 35.2 Å². The zero-order valence-corrected chi connectivity index (χ0v) is 14.6. The predicted octanol–water partition coefficient (Wildman–Crippen LogP) is 2.48. The van der Waals surface area contributed by atoms with Crippen molar-refractivity contribution in [3.8, 4) is 5.75 Å². The first-order chi connectivity index (χ1) is 12.2. The van der Waals surface area contributed by atoms with Gasteiger partial charge in [-0.15, -0.1) is 0 Å². The van der Waals surface area contributed by atoms with E-state index in [0.29, 0.717) is 19.1 Å². The third kappa shape index (κ3) is 5.30. The van der Waals surface area contributed by atoms with Gasteiger partial charge in [0.15, 0.2) is 0 Å². The van der Waals surface area contributed by atoms with Crippen molar-refractivity contribution in [2.45, 2.75) is 25.5 Å². The maximum Gasteiger partial charge on any atom is 0.119 e. The largest absolute Gasteiger partial charge is 0.491 e. The van der Waals surface area contributed by atoms with Crippen molar-refractivity contribution >= 4 is 0 Å². The molecule has 4 heteroatoms. The Bertz CT molecular complexity index is 647. The third-order valence-electron chi connectivity index (χ3n) is 4.81. The lowest BCUT2D eigenvalue weighted by molar-refractivity contribution is 0.0187. The second-order valence-corrected chi connectivity index (χ2v) is 6.76. The summed E-state index contributed by atoms with van der Waals surface area (Å²) in [6.07, 6.45) is 1.67. The lowest BCUT2D eigenvalue weighted by Crippen LogP contribution is -2.44. The van der Waals surface area contributed by atoms with Crippen LogP contribution in [0.4, 0.5) is 0 Å². The molecule has 25 heavy (non-hydrogen) atoms. The number of hydrogen-bond donors (Lipinski definition) is 2. The minimum Gasteiger partial charge on any atom is -0.491 e. The first-order valence-electron chi connectivity index (χ1n) is 9.01. The second-order valence-electron chi connectivity index (χ2n) is 6.76. The SMILES string of the molecule is OCCOc1cccc(CN2CC[C@H](Cc3ccccc3)[C@H](O)C2)c1. The molecular weight excluding hydrogens is 314 g/mol. The molecule has 0 saturated carbocycles. The molecule has 2 aromatic carbocycles. The summed E-state index contributed by atoms with van der Waals surface area (Å²) in [7, 11) is 0. The van der Waals surface area contributed by atoms with Crippen LogP contribution in [0, 0.1) is 5.92 Å². The van der Waals surface area contributed by atoms with Crippen LogP contribution in [-0.2, 0) is 13.0 Å². The van der Waals surface area contributed by atoms with Crippen molar-refractivity contribution in [1.82, 2.24) is 4.90 Å². The Morgan fingerprint density at radius 2 is 1.84 bits per heavy atom. The average molecular weight is 341 g/mol. The number of rotatable bonds is 7. The van der Waals surface area contributed by atoms with Gasteiger partial charge < -0.3 is 14.9 Å². The number of ether oxygens (including phenoxy) is 1. The van der Waals surface area contributed by atoms with Gasteiger partial charge in [0.2, 0.25) is 0 Å². The van der Waals surface area contributed by atoms with E-state index in [9.17, 15) is 5.11 Å². The Kier molecular flexibility index (Phi) is 6.45. The number of aliphatic hydroxyl groups excluding tert-OH is 2. The topological polar surface area (TPSA) is 52.9 Å². The molecule has 1 saturated heterocycles. The number of β-amino-alcohol motifs (C(OH)–C–C–N with tert-alkyl or cyclic N) is 1. The standard InChI is InChI=1S/C21H27NO3/c23-11-12-25-20-8-4-7-18(14-20)15-22-10-9-19(21(24)16-22)13-17-5-2-1-3-6-17/h1-8,14,19,21,23-24H,9-13,15-16H2/t19-,21-/m1/s1. The van der Waals surface area contributed by atoms with Gasteiger partial charge >= 0.3 is 0 Å². The van der Waals surface area contributed by atoms with Gasteiger partial charge in [-0.1, -0.05) is 42.5 Å². The Morgan fingerprint density at radius 3 is 2.60 bits per heavy atom. The lowest BCUT2D eigenvalue weighted by Gasteiger charge is -2.36. The molecule has 0 unspecified atom stereocenters. The first-order valence-corrected chi connectivity index (χ1v) is 9.01. The molecule has 2 atom stereocenters. The van der Waals surface area contributed by atoms with E-state index in [4.69, 9.17) is 9.84 Å². The van der Waals surface area contributed by atoms with E-state index in [1.807, 2.05) is 24.3 Å². The van der Waals surface area contributed by atoms with E-state index in [1.54, 1.807) is 0 Å². The molecule has 3 rings (SSSR count). The monoisotopic (exact) mass is 341 g/mol. The summed E-state index contributed by atoms with van der Waals surface area (Å²) in [4.78, 5) is 2.30. The summed E-state index contributed by atoms with van der Waals surface area (Å²) in [5, 5.41) is 19.4.